The van der Waals surface area contributed by atoms with E-state index in [4.69, 9.17) is 5.11 Å². The van der Waals surface area contributed by atoms with E-state index < -0.39 is 0 Å². The van der Waals surface area contributed by atoms with Crippen LogP contribution in [0.3, 0.4) is 0 Å². The maximum absolute atomic E-state index is 12.6. The number of aryl methyl sites for hydroxylation is 1. The molecule has 0 atom stereocenters. The standard InChI is InChI=1S/C16H17N3O2/c1-12-5-6-14(4-3-7-20)15(8-12)16(21)19(2)11-13-9-17-18-10-13/h5-6,8-10,20H,7,11H2,1-2H3,(H,17,18). The number of aliphatic hydroxyl groups is 1. The van der Waals surface area contributed by atoms with Crippen molar-refractivity contribution in [2.24, 2.45) is 0 Å². The van der Waals surface area contributed by atoms with Crippen LogP contribution >= 0.6 is 0 Å². The van der Waals surface area contributed by atoms with Gasteiger partial charge in [-0.2, -0.15) is 5.10 Å². The van der Waals surface area contributed by atoms with Gasteiger partial charge in [0.1, 0.15) is 6.61 Å². The highest BCUT2D eigenvalue weighted by Crippen LogP contribution is 2.14. The first-order valence-electron chi connectivity index (χ1n) is 6.55. The van der Waals surface area contributed by atoms with Crippen molar-refractivity contribution in [3.63, 3.8) is 0 Å². The van der Waals surface area contributed by atoms with E-state index in [1.807, 2.05) is 19.1 Å². The Morgan fingerprint density at radius 1 is 1.48 bits per heavy atom. The molecule has 1 aromatic carbocycles. The molecular weight excluding hydrogens is 266 g/mol. The number of aromatic amines is 1. The van der Waals surface area contributed by atoms with Crippen molar-refractivity contribution < 1.29 is 9.90 Å². The van der Waals surface area contributed by atoms with Gasteiger partial charge in [0.05, 0.1) is 11.8 Å². The molecule has 5 heteroatoms. The van der Waals surface area contributed by atoms with Gasteiger partial charge in [0.15, 0.2) is 0 Å². The van der Waals surface area contributed by atoms with Crippen LogP contribution in [0.1, 0.15) is 27.0 Å². The lowest BCUT2D eigenvalue weighted by Gasteiger charge is -2.17. The van der Waals surface area contributed by atoms with Gasteiger partial charge in [-0.3, -0.25) is 9.89 Å². The summed E-state index contributed by atoms with van der Waals surface area (Å²) in [5.74, 6) is 5.29. The van der Waals surface area contributed by atoms with Crippen LogP contribution in [0.2, 0.25) is 0 Å². The largest absolute Gasteiger partial charge is 0.384 e. The highest BCUT2D eigenvalue weighted by molar-refractivity contribution is 5.96. The van der Waals surface area contributed by atoms with Gasteiger partial charge in [-0.05, 0) is 19.1 Å². The number of rotatable bonds is 3. The fourth-order valence-corrected chi connectivity index (χ4v) is 1.99. The fraction of sp³-hybridized carbons (Fsp3) is 0.250. The fourth-order valence-electron chi connectivity index (χ4n) is 1.99. The topological polar surface area (TPSA) is 69.2 Å². The number of nitrogens with zero attached hydrogens (tertiary/aromatic N) is 2. The van der Waals surface area contributed by atoms with Gasteiger partial charge in [0, 0.05) is 30.9 Å². The molecule has 5 nitrogen and oxygen atoms in total. The van der Waals surface area contributed by atoms with Crippen LogP contribution in [-0.4, -0.2) is 39.8 Å². The van der Waals surface area contributed by atoms with Gasteiger partial charge in [0.2, 0.25) is 0 Å². The second-order valence-corrected chi connectivity index (χ2v) is 4.78. The first-order valence-corrected chi connectivity index (χ1v) is 6.55. The number of aliphatic hydroxyl groups excluding tert-OH is 1. The molecule has 0 aliphatic rings. The summed E-state index contributed by atoms with van der Waals surface area (Å²) in [7, 11) is 1.74. The van der Waals surface area contributed by atoms with E-state index >= 15 is 0 Å². The number of H-pyrrole nitrogens is 1. The summed E-state index contributed by atoms with van der Waals surface area (Å²) in [5, 5.41) is 15.4. The molecule has 0 saturated carbocycles. The Balaban J connectivity index is 2.26. The zero-order valence-corrected chi connectivity index (χ0v) is 12.1. The lowest BCUT2D eigenvalue weighted by atomic mass is 10.0. The van der Waals surface area contributed by atoms with E-state index in [1.165, 1.54) is 0 Å². The molecule has 1 amide bonds. The third-order valence-electron chi connectivity index (χ3n) is 3.03. The van der Waals surface area contributed by atoms with E-state index in [2.05, 4.69) is 22.0 Å². The Labute approximate surface area is 123 Å². The van der Waals surface area contributed by atoms with E-state index in [-0.39, 0.29) is 12.5 Å². The summed E-state index contributed by atoms with van der Waals surface area (Å²) >= 11 is 0. The Hall–Kier alpha value is -2.58. The van der Waals surface area contributed by atoms with Crippen LogP contribution < -0.4 is 0 Å². The van der Waals surface area contributed by atoms with Crippen LogP contribution in [0.5, 0.6) is 0 Å². The molecule has 21 heavy (non-hydrogen) atoms. The number of hydrogen-bond acceptors (Lipinski definition) is 3. The van der Waals surface area contributed by atoms with E-state index in [0.29, 0.717) is 17.7 Å². The zero-order valence-electron chi connectivity index (χ0n) is 12.1. The maximum Gasteiger partial charge on any atom is 0.255 e. The Morgan fingerprint density at radius 3 is 2.95 bits per heavy atom. The predicted molar refractivity (Wildman–Crippen MR) is 79.5 cm³/mol. The molecule has 0 bridgehead atoms. The van der Waals surface area contributed by atoms with E-state index in [0.717, 1.165) is 11.1 Å². The second-order valence-electron chi connectivity index (χ2n) is 4.78. The SMILES string of the molecule is Cc1ccc(C#CCO)c(C(=O)N(C)Cc2cn[nH]c2)c1. The minimum atomic E-state index is -0.230. The second kappa shape index (κ2) is 6.73. The van der Waals surface area contributed by atoms with Gasteiger partial charge in [-0.25, -0.2) is 0 Å². The van der Waals surface area contributed by atoms with Crippen LogP contribution in [0.4, 0.5) is 0 Å². The lowest BCUT2D eigenvalue weighted by Crippen LogP contribution is -2.26. The summed E-state index contributed by atoms with van der Waals surface area (Å²) in [6.07, 6.45) is 3.44. The van der Waals surface area contributed by atoms with Crippen LogP contribution in [-0.2, 0) is 6.54 Å². The molecule has 0 aliphatic carbocycles. The zero-order chi connectivity index (χ0) is 15.2. The van der Waals surface area contributed by atoms with E-state index in [9.17, 15) is 4.79 Å². The molecule has 2 rings (SSSR count). The Bertz CT molecular complexity index is 681. The Kier molecular flexibility index (Phi) is 4.75. The number of amides is 1. The monoisotopic (exact) mass is 283 g/mol. The van der Waals surface area contributed by atoms with Gasteiger partial charge in [-0.15, -0.1) is 0 Å². The first-order chi connectivity index (χ1) is 10.1. The summed E-state index contributed by atoms with van der Waals surface area (Å²) < 4.78 is 0. The summed E-state index contributed by atoms with van der Waals surface area (Å²) in [4.78, 5) is 14.2. The van der Waals surface area contributed by atoms with Crippen LogP contribution in [0, 0.1) is 18.8 Å². The average Bonchev–Trinajstić information content (AvgIpc) is 2.98. The van der Waals surface area contributed by atoms with Gasteiger partial charge < -0.3 is 10.0 Å². The Morgan fingerprint density at radius 2 is 2.29 bits per heavy atom. The number of benzene rings is 1. The molecule has 0 aliphatic heterocycles. The summed E-state index contributed by atoms with van der Waals surface area (Å²) in [5.41, 5.74) is 3.09. The third-order valence-corrected chi connectivity index (χ3v) is 3.03. The minimum Gasteiger partial charge on any atom is -0.384 e. The number of carbonyl (C=O) groups excluding carboxylic acids is 1. The van der Waals surface area contributed by atoms with Gasteiger partial charge in [-0.1, -0.05) is 23.5 Å². The molecule has 2 aromatic rings. The molecule has 2 N–H and O–H groups in total. The number of nitrogens with one attached hydrogen (secondary N) is 1. The number of hydrogen-bond donors (Lipinski definition) is 2. The third kappa shape index (κ3) is 3.71. The maximum atomic E-state index is 12.6. The van der Waals surface area contributed by atoms with Gasteiger partial charge >= 0.3 is 0 Å². The highest BCUT2D eigenvalue weighted by atomic mass is 16.2. The van der Waals surface area contributed by atoms with Gasteiger partial charge in [0.25, 0.3) is 5.91 Å². The number of aromatic nitrogens is 2. The smallest absolute Gasteiger partial charge is 0.255 e. The summed E-state index contributed by atoms with van der Waals surface area (Å²) in [6.45, 7) is 2.17. The lowest BCUT2D eigenvalue weighted by molar-refractivity contribution is 0.0784. The van der Waals surface area contributed by atoms with Crippen LogP contribution in [0.25, 0.3) is 0 Å². The molecular formula is C16H17N3O2. The van der Waals surface area contributed by atoms with Crippen molar-refractivity contribution in [2.45, 2.75) is 13.5 Å². The molecule has 0 spiro atoms. The van der Waals surface area contributed by atoms with Crippen molar-refractivity contribution in [1.82, 2.24) is 15.1 Å². The highest BCUT2D eigenvalue weighted by Gasteiger charge is 2.16. The predicted octanol–water partition coefficient (Wildman–Crippen LogP) is 1.33. The minimum absolute atomic E-state index is 0.109. The van der Waals surface area contributed by atoms with Crippen molar-refractivity contribution >= 4 is 5.91 Å². The van der Waals surface area contributed by atoms with Crippen molar-refractivity contribution in [2.75, 3.05) is 13.7 Å². The molecule has 1 heterocycles. The average molecular weight is 283 g/mol. The molecule has 0 unspecified atom stereocenters. The van der Waals surface area contributed by atoms with Crippen molar-refractivity contribution in [3.05, 3.63) is 52.8 Å². The van der Waals surface area contributed by atoms with E-state index in [1.54, 1.807) is 30.4 Å². The quantitative estimate of drug-likeness (QED) is 0.835. The van der Waals surface area contributed by atoms with Crippen molar-refractivity contribution in [3.8, 4) is 11.8 Å². The normalized spacial score (nSPS) is 9.86. The van der Waals surface area contributed by atoms with Crippen molar-refractivity contribution in [1.29, 1.82) is 0 Å². The first kappa shape index (κ1) is 14.8. The molecule has 108 valence electrons. The molecule has 0 saturated heterocycles. The molecule has 0 fully saturated rings. The van der Waals surface area contributed by atoms with Crippen LogP contribution in [0.15, 0.2) is 30.6 Å². The summed E-state index contributed by atoms with van der Waals surface area (Å²) in [6, 6.07) is 5.51. The molecule has 0 radical (unpaired) electrons. The number of carbonyl (C=O) groups is 1. The molecule has 1 aromatic heterocycles.